The Hall–Kier alpha value is -3.47. The Morgan fingerprint density at radius 3 is 2.37 bits per heavy atom. The van der Waals surface area contributed by atoms with Gasteiger partial charge in [0.15, 0.2) is 0 Å². The number of rotatable bonds is 6. The summed E-state index contributed by atoms with van der Waals surface area (Å²) in [6.45, 7) is 2.12. The maximum absolute atomic E-state index is 11.8. The molecule has 0 fully saturated rings. The summed E-state index contributed by atoms with van der Waals surface area (Å²) in [5, 5.41) is 10.5. The molecule has 3 N–H and O–H groups in total. The zero-order chi connectivity index (χ0) is 20.9. The first-order valence-electron chi connectivity index (χ1n) is 10.2. The van der Waals surface area contributed by atoms with Crippen LogP contribution >= 0.6 is 0 Å². The topological polar surface area (TPSA) is 62.4 Å². The Bertz CT molecular complexity index is 989. The highest BCUT2D eigenvalue weighted by atomic mass is 16.5. The number of para-hydroxylation sites is 2. The fourth-order valence-electron chi connectivity index (χ4n) is 4.14. The fraction of sp³-hybridized carbons (Fsp3) is 0.240. The molecule has 5 heteroatoms. The van der Waals surface area contributed by atoms with E-state index in [-0.39, 0.29) is 23.9 Å². The van der Waals surface area contributed by atoms with Gasteiger partial charge in [-0.25, -0.2) is 0 Å². The molecule has 3 aromatic carbocycles. The number of anilines is 2. The van der Waals surface area contributed by atoms with Crippen LogP contribution in [-0.4, -0.2) is 19.6 Å². The van der Waals surface area contributed by atoms with Crippen LogP contribution in [0.3, 0.4) is 0 Å². The summed E-state index contributed by atoms with van der Waals surface area (Å²) in [4.78, 5) is 11.8. The molecular formula is C25H27N3O2. The summed E-state index contributed by atoms with van der Waals surface area (Å²) in [7, 11) is 1.67. The summed E-state index contributed by atoms with van der Waals surface area (Å²) < 4.78 is 5.33. The second-order valence-corrected chi connectivity index (χ2v) is 7.57. The first kappa shape index (κ1) is 19.8. The summed E-state index contributed by atoms with van der Waals surface area (Å²) >= 11 is 0. The second kappa shape index (κ2) is 8.91. The number of amides is 1. The van der Waals surface area contributed by atoms with E-state index >= 15 is 0 Å². The number of fused-ring (bicyclic) bond motifs is 1. The molecule has 154 valence electrons. The van der Waals surface area contributed by atoms with Crippen LogP contribution in [0.5, 0.6) is 5.75 Å². The van der Waals surface area contributed by atoms with E-state index in [0.29, 0.717) is 6.54 Å². The van der Waals surface area contributed by atoms with Crippen molar-refractivity contribution in [3.8, 4) is 5.75 Å². The van der Waals surface area contributed by atoms with Gasteiger partial charge in [-0.05, 0) is 41.5 Å². The van der Waals surface area contributed by atoms with Gasteiger partial charge in [0.2, 0.25) is 5.91 Å². The molecule has 1 heterocycles. The van der Waals surface area contributed by atoms with Gasteiger partial charge < -0.3 is 20.7 Å². The molecule has 0 radical (unpaired) electrons. The van der Waals surface area contributed by atoms with E-state index in [1.807, 2.05) is 36.4 Å². The van der Waals surface area contributed by atoms with Gasteiger partial charge in [0.25, 0.3) is 0 Å². The van der Waals surface area contributed by atoms with Crippen LogP contribution in [0.25, 0.3) is 0 Å². The van der Waals surface area contributed by atoms with Crippen molar-refractivity contribution in [2.24, 2.45) is 5.92 Å². The van der Waals surface area contributed by atoms with E-state index in [1.165, 1.54) is 5.56 Å². The molecule has 1 amide bonds. The van der Waals surface area contributed by atoms with E-state index in [0.717, 1.165) is 22.7 Å². The fourth-order valence-corrected chi connectivity index (χ4v) is 4.14. The molecular weight excluding hydrogens is 374 g/mol. The highest BCUT2D eigenvalue weighted by Gasteiger charge is 2.37. The highest BCUT2D eigenvalue weighted by Crippen LogP contribution is 2.44. The molecule has 30 heavy (non-hydrogen) atoms. The van der Waals surface area contributed by atoms with Crippen molar-refractivity contribution in [2.45, 2.75) is 19.0 Å². The average Bonchev–Trinajstić information content (AvgIpc) is 2.78. The second-order valence-electron chi connectivity index (χ2n) is 7.57. The Kier molecular flexibility index (Phi) is 5.89. The zero-order valence-electron chi connectivity index (χ0n) is 17.3. The van der Waals surface area contributed by atoms with Crippen molar-refractivity contribution in [1.82, 2.24) is 5.32 Å². The zero-order valence-corrected chi connectivity index (χ0v) is 17.3. The largest absolute Gasteiger partial charge is 0.497 e. The number of nitrogens with one attached hydrogen (secondary N) is 3. The number of benzene rings is 3. The molecule has 3 atom stereocenters. The number of ether oxygens (including phenoxy) is 1. The van der Waals surface area contributed by atoms with Crippen molar-refractivity contribution < 1.29 is 9.53 Å². The number of carbonyl (C=O) groups excluding carboxylic acids is 1. The normalized spacial score (nSPS) is 19.9. The predicted molar refractivity (Wildman–Crippen MR) is 121 cm³/mol. The van der Waals surface area contributed by atoms with Crippen LogP contribution in [0.2, 0.25) is 0 Å². The molecule has 4 rings (SSSR count). The summed E-state index contributed by atoms with van der Waals surface area (Å²) in [6.07, 6.45) is 0. The van der Waals surface area contributed by atoms with Crippen LogP contribution in [0, 0.1) is 5.92 Å². The average molecular weight is 402 g/mol. The van der Waals surface area contributed by atoms with Crippen LogP contribution in [0.1, 0.15) is 30.1 Å². The predicted octanol–water partition coefficient (Wildman–Crippen LogP) is 4.77. The van der Waals surface area contributed by atoms with Crippen LogP contribution in [0.4, 0.5) is 11.4 Å². The van der Waals surface area contributed by atoms with Crippen molar-refractivity contribution >= 4 is 17.3 Å². The van der Waals surface area contributed by atoms with Crippen LogP contribution < -0.4 is 20.7 Å². The number of hydrogen-bond donors (Lipinski definition) is 3. The quantitative estimate of drug-likeness (QED) is 0.557. The molecule has 0 aromatic heterocycles. The number of methoxy groups -OCH3 is 1. The monoisotopic (exact) mass is 401 g/mol. The molecule has 1 aliphatic heterocycles. The Balaban J connectivity index is 1.75. The standard InChI is InChI=1S/C25H27N3O2/c1-17(29)26-16-22-24(18-12-14-20(30-2)15-13-18)28-23-11-7-6-10-21(23)25(22)27-19-8-4-3-5-9-19/h3-15,22,24-25,27-28H,16H2,1-2H3,(H,26,29)/t22-,24+,25-/m0/s1. The lowest BCUT2D eigenvalue weighted by molar-refractivity contribution is -0.119. The third-order valence-electron chi connectivity index (χ3n) is 5.62. The van der Waals surface area contributed by atoms with Gasteiger partial charge in [0.05, 0.1) is 19.2 Å². The van der Waals surface area contributed by atoms with Gasteiger partial charge >= 0.3 is 0 Å². The highest BCUT2D eigenvalue weighted by molar-refractivity contribution is 5.73. The maximum atomic E-state index is 11.8. The minimum absolute atomic E-state index is 0.0267. The van der Waals surface area contributed by atoms with E-state index in [4.69, 9.17) is 4.74 Å². The Morgan fingerprint density at radius 2 is 1.67 bits per heavy atom. The van der Waals surface area contributed by atoms with Crippen LogP contribution in [-0.2, 0) is 4.79 Å². The molecule has 0 bridgehead atoms. The van der Waals surface area contributed by atoms with Crippen molar-refractivity contribution in [3.05, 3.63) is 90.0 Å². The molecule has 0 saturated heterocycles. The minimum atomic E-state index is -0.0270. The SMILES string of the molecule is COc1ccc([C@H]2Nc3ccccc3[C@H](Nc3ccccc3)[C@H]2CNC(C)=O)cc1. The summed E-state index contributed by atoms with van der Waals surface area (Å²) in [5.74, 6) is 0.894. The minimum Gasteiger partial charge on any atom is -0.497 e. The van der Waals surface area contributed by atoms with Crippen molar-refractivity contribution in [2.75, 3.05) is 24.3 Å². The lowest BCUT2D eigenvalue weighted by atomic mass is 9.79. The Labute approximate surface area is 177 Å². The van der Waals surface area contributed by atoms with E-state index in [1.54, 1.807) is 14.0 Å². The lowest BCUT2D eigenvalue weighted by Crippen LogP contribution is -2.42. The Morgan fingerprint density at radius 1 is 0.967 bits per heavy atom. The third-order valence-corrected chi connectivity index (χ3v) is 5.62. The van der Waals surface area contributed by atoms with E-state index in [2.05, 4.69) is 58.4 Å². The van der Waals surface area contributed by atoms with Gasteiger partial charge in [-0.15, -0.1) is 0 Å². The maximum Gasteiger partial charge on any atom is 0.216 e. The van der Waals surface area contributed by atoms with E-state index < -0.39 is 0 Å². The molecule has 3 aromatic rings. The van der Waals surface area contributed by atoms with E-state index in [9.17, 15) is 4.79 Å². The van der Waals surface area contributed by atoms with Gasteiger partial charge in [-0.1, -0.05) is 48.5 Å². The molecule has 0 spiro atoms. The molecule has 0 unspecified atom stereocenters. The first-order valence-corrected chi connectivity index (χ1v) is 10.2. The van der Waals surface area contributed by atoms with Gasteiger partial charge in [0.1, 0.15) is 5.75 Å². The van der Waals surface area contributed by atoms with Gasteiger partial charge in [-0.2, -0.15) is 0 Å². The molecule has 1 aliphatic rings. The summed E-state index contributed by atoms with van der Waals surface area (Å²) in [5.41, 5.74) is 4.51. The summed E-state index contributed by atoms with van der Waals surface area (Å²) in [6, 6.07) is 26.8. The lowest BCUT2D eigenvalue weighted by Gasteiger charge is -2.42. The molecule has 0 aliphatic carbocycles. The first-order chi connectivity index (χ1) is 14.7. The number of hydrogen-bond acceptors (Lipinski definition) is 4. The van der Waals surface area contributed by atoms with Gasteiger partial charge in [-0.3, -0.25) is 4.79 Å². The van der Waals surface area contributed by atoms with Crippen molar-refractivity contribution in [3.63, 3.8) is 0 Å². The molecule has 0 saturated carbocycles. The number of carbonyl (C=O) groups is 1. The molecule has 5 nitrogen and oxygen atoms in total. The third kappa shape index (κ3) is 4.25. The van der Waals surface area contributed by atoms with Crippen molar-refractivity contribution in [1.29, 1.82) is 0 Å². The van der Waals surface area contributed by atoms with Gasteiger partial charge in [0, 0.05) is 30.8 Å². The smallest absolute Gasteiger partial charge is 0.216 e. The van der Waals surface area contributed by atoms with Crippen LogP contribution in [0.15, 0.2) is 78.9 Å².